The fourth-order valence-corrected chi connectivity index (χ4v) is 4.09. The van der Waals surface area contributed by atoms with Crippen LogP contribution in [0.15, 0.2) is 46.9 Å². The summed E-state index contributed by atoms with van der Waals surface area (Å²) in [5.74, 6) is -0.963. The van der Waals surface area contributed by atoms with E-state index in [0.29, 0.717) is 38.2 Å². The zero-order chi connectivity index (χ0) is 19.7. The molecule has 0 spiro atoms. The summed E-state index contributed by atoms with van der Waals surface area (Å²) in [6.45, 7) is 1.40. The number of amides is 2. The van der Waals surface area contributed by atoms with Crippen molar-refractivity contribution in [1.29, 1.82) is 0 Å². The maximum absolute atomic E-state index is 12.4. The molecule has 2 amide bonds. The molecule has 2 aliphatic rings. The van der Waals surface area contributed by atoms with Crippen molar-refractivity contribution in [3.8, 4) is 0 Å². The molecule has 1 N–H and O–H groups in total. The lowest BCUT2D eigenvalue weighted by molar-refractivity contribution is -0.169. The van der Waals surface area contributed by atoms with Gasteiger partial charge in [-0.05, 0) is 35.9 Å². The van der Waals surface area contributed by atoms with Gasteiger partial charge in [-0.15, -0.1) is 0 Å². The van der Waals surface area contributed by atoms with Gasteiger partial charge in [-0.1, -0.05) is 28.1 Å². The van der Waals surface area contributed by atoms with Crippen LogP contribution in [0.25, 0.3) is 0 Å². The number of likely N-dealkylation sites (N-methyl/N-ethyl adjacent to an activating group) is 1. The first kappa shape index (κ1) is 19.1. The number of anilines is 1. The average Bonchev–Trinajstić information content (AvgIpc) is 3.27. The molecule has 0 atom stereocenters. The third-order valence-electron chi connectivity index (χ3n) is 5.18. The second kappa shape index (κ2) is 7.66. The number of rotatable bonds is 5. The molecule has 6 nitrogen and oxygen atoms in total. The molecule has 1 fully saturated rings. The van der Waals surface area contributed by atoms with Crippen molar-refractivity contribution >= 4 is 33.4 Å². The van der Waals surface area contributed by atoms with Crippen molar-refractivity contribution in [2.75, 3.05) is 31.7 Å². The molecular weight excluding hydrogens is 424 g/mol. The SMILES string of the molecule is CN1C(=O)Cc2cc(C3(CCNC(=O)c4cccc(Br)c4)OCCO3)ccc21. The minimum absolute atomic E-state index is 0.0794. The van der Waals surface area contributed by atoms with Crippen LogP contribution >= 0.6 is 15.9 Å². The highest BCUT2D eigenvalue weighted by Gasteiger charge is 2.39. The molecule has 2 heterocycles. The molecule has 1 saturated heterocycles. The molecule has 4 rings (SSSR count). The average molecular weight is 445 g/mol. The Morgan fingerprint density at radius 3 is 2.75 bits per heavy atom. The molecule has 7 heteroatoms. The zero-order valence-electron chi connectivity index (χ0n) is 15.5. The monoisotopic (exact) mass is 444 g/mol. The van der Waals surface area contributed by atoms with E-state index in [1.54, 1.807) is 24.1 Å². The number of nitrogens with one attached hydrogen (secondary N) is 1. The van der Waals surface area contributed by atoms with E-state index in [1.807, 2.05) is 30.3 Å². The van der Waals surface area contributed by atoms with Gasteiger partial charge in [0.1, 0.15) is 0 Å². The summed E-state index contributed by atoms with van der Waals surface area (Å²) in [6.07, 6.45) is 0.866. The minimum atomic E-state index is -0.899. The Labute approximate surface area is 171 Å². The van der Waals surface area contributed by atoms with E-state index in [1.165, 1.54) is 0 Å². The van der Waals surface area contributed by atoms with Gasteiger partial charge in [0, 0.05) is 41.3 Å². The van der Waals surface area contributed by atoms with Gasteiger partial charge in [-0.2, -0.15) is 0 Å². The van der Waals surface area contributed by atoms with E-state index in [4.69, 9.17) is 9.47 Å². The van der Waals surface area contributed by atoms with Gasteiger partial charge < -0.3 is 19.7 Å². The summed E-state index contributed by atoms with van der Waals surface area (Å²) in [4.78, 5) is 26.0. The second-order valence-corrected chi connectivity index (χ2v) is 7.85. The minimum Gasteiger partial charge on any atom is -0.352 e. The van der Waals surface area contributed by atoms with Crippen molar-refractivity contribution in [3.63, 3.8) is 0 Å². The van der Waals surface area contributed by atoms with Crippen molar-refractivity contribution in [3.05, 3.63) is 63.6 Å². The van der Waals surface area contributed by atoms with Gasteiger partial charge in [-0.25, -0.2) is 0 Å². The lowest BCUT2D eigenvalue weighted by atomic mass is 9.98. The van der Waals surface area contributed by atoms with Gasteiger partial charge in [-0.3, -0.25) is 9.59 Å². The summed E-state index contributed by atoms with van der Waals surface area (Å²) in [5, 5.41) is 2.93. The summed E-state index contributed by atoms with van der Waals surface area (Å²) < 4.78 is 12.8. The van der Waals surface area contributed by atoms with Gasteiger partial charge in [0.05, 0.1) is 19.6 Å². The molecule has 0 aliphatic carbocycles. The number of carbonyl (C=O) groups is 2. The van der Waals surface area contributed by atoms with Crippen LogP contribution in [0.2, 0.25) is 0 Å². The Morgan fingerprint density at radius 1 is 1.21 bits per heavy atom. The van der Waals surface area contributed by atoms with Crippen molar-refractivity contribution < 1.29 is 19.1 Å². The first-order valence-electron chi connectivity index (χ1n) is 9.20. The van der Waals surface area contributed by atoms with Crippen molar-refractivity contribution in [2.45, 2.75) is 18.6 Å². The lowest BCUT2D eigenvalue weighted by Crippen LogP contribution is -2.34. The number of hydrogen-bond donors (Lipinski definition) is 1. The summed E-state index contributed by atoms with van der Waals surface area (Å²) in [6, 6.07) is 13.1. The van der Waals surface area contributed by atoms with Gasteiger partial charge >= 0.3 is 0 Å². The highest BCUT2D eigenvalue weighted by Crippen LogP contribution is 2.38. The Morgan fingerprint density at radius 2 is 2.00 bits per heavy atom. The number of benzene rings is 2. The van der Waals surface area contributed by atoms with E-state index < -0.39 is 5.79 Å². The second-order valence-electron chi connectivity index (χ2n) is 6.94. The van der Waals surface area contributed by atoms with Crippen LogP contribution < -0.4 is 10.2 Å². The fraction of sp³-hybridized carbons (Fsp3) is 0.333. The Bertz CT molecular complexity index is 924. The van der Waals surface area contributed by atoms with Gasteiger partial charge in [0.15, 0.2) is 5.79 Å². The fourth-order valence-electron chi connectivity index (χ4n) is 3.69. The lowest BCUT2D eigenvalue weighted by Gasteiger charge is -2.28. The van der Waals surface area contributed by atoms with Gasteiger partial charge in [0.25, 0.3) is 5.91 Å². The van der Waals surface area contributed by atoms with Crippen LogP contribution in [-0.4, -0.2) is 38.6 Å². The van der Waals surface area contributed by atoms with Crippen molar-refractivity contribution in [2.24, 2.45) is 0 Å². The molecule has 146 valence electrons. The molecule has 0 aromatic heterocycles. The number of halogens is 1. The number of fused-ring (bicyclic) bond motifs is 1. The van der Waals surface area contributed by atoms with Gasteiger partial charge in [0.2, 0.25) is 5.91 Å². The van der Waals surface area contributed by atoms with E-state index in [-0.39, 0.29) is 11.8 Å². The van der Waals surface area contributed by atoms with E-state index in [2.05, 4.69) is 21.2 Å². The number of hydrogen-bond acceptors (Lipinski definition) is 4. The number of nitrogens with zero attached hydrogens (tertiary/aromatic N) is 1. The topological polar surface area (TPSA) is 67.9 Å². The Kier molecular flexibility index (Phi) is 5.23. The molecule has 0 bridgehead atoms. The predicted molar refractivity (Wildman–Crippen MR) is 108 cm³/mol. The van der Waals surface area contributed by atoms with Crippen LogP contribution in [0.4, 0.5) is 5.69 Å². The third kappa shape index (κ3) is 3.57. The van der Waals surface area contributed by atoms with Crippen LogP contribution in [0.1, 0.15) is 27.9 Å². The normalized spacial score (nSPS) is 17.6. The zero-order valence-corrected chi connectivity index (χ0v) is 17.1. The summed E-state index contributed by atoms with van der Waals surface area (Å²) in [5.41, 5.74) is 3.37. The van der Waals surface area contributed by atoms with E-state index in [9.17, 15) is 9.59 Å². The molecule has 0 unspecified atom stereocenters. The molecule has 0 saturated carbocycles. The summed E-state index contributed by atoms with van der Waals surface area (Å²) in [7, 11) is 1.78. The maximum Gasteiger partial charge on any atom is 0.251 e. The standard InChI is InChI=1S/C21H21BrN2O4/c1-24-18-6-5-16(11-15(18)13-19(24)25)21(27-9-10-28-21)7-8-23-20(26)14-3-2-4-17(22)12-14/h2-6,11-12H,7-10,13H2,1H3,(H,23,26). The van der Waals surface area contributed by atoms with E-state index >= 15 is 0 Å². The summed E-state index contributed by atoms with van der Waals surface area (Å²) >= 11 is 3.38. The first-order valence-corrected chi connectivity index (χ1v) is 9.99. The Hall–Kier alpha value is -2.22. The molecule has 2 aromatic rings. The quantitative estimate of drug-likeness (QED) is 0.769. The molecule has 0 radical (unpaired) electrons. The number of ether oxygens (including phenoxy) is 2. The molecule has 2 aromatic carbocycles. The van der Waals surface area contributed by atoms with Crippen LogP contribution in [0, 0.1) is 0 Å². The molecular formula is C21H21BrN2O4. The first-order chi connectivity index (χ1) is 13.5. The van der Waals surface area contributed by atoms with E-state index in [0.717, 1.165) is 21.3 Å². The number of carbonyl (C=O) groups excluding carboxylic acids is 2. The van der Waals surface area contributed by atoms with Crippen LogP contribution in [0.3, 0.4) is 0 Å². The van der Waals surface area contributed by atoms with Crippen LogP contribution in [-0.2, 0) is 26.5 Å². The molecule has 2 aliphatic heterocycles. The Balaban J connectivity index is 1.48. The van der Waals surface area contributed by atoms with Crippen molar-refractivity contribution in [1.82, 2.24) is 5.32 Å². The third-order valence-corrected chi connectivity index (χ3v) is 5.67. The predicted octanol–water partition coefficient (Wildman–Crippen LogP) is 2.99. The smallest absolute Gasteiger partial charge is 0.251 e. The van der Waals surface area contributed by atoms with Crippen LogP contribution in [0.5, 0.6) is 0 Å². The molecule has 28 heavy (non-hydrogen) atoms. The maximum atomic E-state index is 12.4. The highest BCUT2D eigenvalue weighted by atomic mass is 79.9. The highest BCUT2D eigenvalue weighted by molar-refractivity contribution is 9.10. The largest absolute Gasteiger partial charge is 0.352 e.